The fourth-order valence-corrected chi connectivity index (χ4v) is 1.83. The van der Waals surface area contributed by atoms with Crippen LogP contribution in [-0.2, 0) is 0 Å². The number of hydrogen-bond acceptors (Lipinski definition) is 3. The summed E-state index contributed by atoms with van der Waals surface area (Å²) in [7, 11) is 0. The molecule has 0 spiro atoms. The second-order valence-corrected chi connectivity index (χ2v) is 5.14. The van der Waals surface area contributed by atoms with E-state index in [1.54, 1.807) is 6.08 Å². The van der Waals surface area contributed by atoms with E-state index in [1.807, 2.05) is 45.0 Å². The van der Waals surface area contributed by atoms with E-state index in [-0.39, 0.29) is 12.6 Å². The summed E-state index contributed by atoms with van der Waals surface area (Å²) in [5, 5.41) is 16.4. The fourth-order valence-electron chi connectivity index (χ4n) is 1.83. The summed E-state index contributed by atoms with van der Waals surface area (Å²) in [4.78, 5) is 4.36. The maximum absolute atomic E-state index is 10.2. The first-order valence-electron chi connectivity index (χ1n) is 7.64. The van der Waals surface area contributed by atoms with Crippen molar-refractivity contribution in [1.29, 1.82) is 0 Å². The number of aliphatic hydroxyl groups excluding tert-OH is 1. The Hall–Kier alpha value is -2.01. The van der Waals surface area contributed by atoms with Gasteiger partial charge in [-0.2, -0.15) is 0 Å². The van der Waals surface area contributed by atoms with Gasteiger partial charge in [-0.05, 0) is 38.5 Å². The van der Waals surface area contributed by atoms with Gasteiger partial charge in [0.2, 0.25) is 0 Å². The molecule has 1 rings (SSSR count). The number of nitrogens with zero attached hydrogens (tertiary/aromatic N) is 1. The minimum Gasteiger partial charge on any atom is -0.491 e. The Morgan fingerprint density at radius 2 is 2.00 bits per heavy atom. The highest BCUT2D eigenvalue weighted by Gasteiger charge is 2.08. The molecular weight excluding hydrogens is 278 g/mol. The predicted octanol–water partition coefficient (Wildman–Crippen LogP) is 2.25. The van der Waals surface area contributed by atoms with Crippen LogP contribution in [0.4, 0.5) is 0 Å². The number of hydrogen-bond donors (Lipinski definition) is 3. The monoisotopic (exact) mass is 305 g/mol. The van der Waals surface area contributed by atoms with Gasteiger partial charge < -0.3 is 20.5 Å². The van der Waals surface area contributed by atoms with E-state index in [1.165, 1.54) is 0 Å². The highest BCUT2D eigenvalue weighted by Crippen LogP contribution is 2.18. The van der Waals surface area contributed by atoms with Crippen molar-refractivity contribution < 1.29 is 9.84 Å². The van der Waals surface area contributed by atoms with Crippen molar-refractivity contribution in [3.8, 4) is 5.75 Å². The molecule has 0 aliphatic carbocycles. The van der Waals surface area contributed by atoms with Crippen molar-refractivity contribution in [2.24, 2.45) is 4.99 Å². The molecule has 5 nitrogen and oxygen atoms in total. The van der Waals surface area contributed by atoms with Crippen LogP contribution in [0.1, 0.15) is 32.4 Å². The number of rotatable bonds is 8. The van der Waals surface area contributed by atoms with Gasteiger partial charge in [-0.1, -0.05) is 18.2 Å². The lowest BCUT2D eigenvalue weighted by Gasteiger charge is -2.14. The number of guanidine groups is 1. The minimum absolute atomic E-state index is 0.138. The molecular formula is C17H27N3O2. The molecule has 5 heteroatoms. The van der Waals surface area contributed by atoms with Gasteiger partial charge >= 0.3 is 0 Å². The first kappa shape index (κ1) is 18.0. The zero-order valence-electron chi connectivity index (χ0n) is 13.7. The first-order valence-corrected chi connectivity index (χ1v) is 7.64. The average molecular weight is 305 g/mol. The zero-order chi connectivity index (χ0) is 16.4. The van der Waals surface area contributed by atoms with Gasteiger partial charge in [-0.3, -0.25) is 4.99 Å². The minimum atomic E-state index is -0.646. The number of benzene rings is 1. The highest BCUT2D eigenvalue weighted by atomic mass is 16.5. The van der Waals surface area contributed by atoms with Gasteiger partial charge in [0.15, 0.2) is 5.96 Å². The number of aliphatic hydroxyl groups is 1. The summed E-state index contributed by atoms with van der Waals surface area (Å²) in [6.45, 7) is 11.3. The van der Waals surface area contributed by atoms with Crippen molar-refractivity contribution in [1.82, 2.24) is 10.6 Å². The Labute approximate surface area is 133 Å². The SMILES string of the molecule is C=CCNC(=NCC(O)c1ccc(OC(C)C)cc1)NCC. The largest absolute Gasteiger partial charge is 0.491 e. The molecule has 1 unspecified atom stereocenters. The van der Waals surface area contributed by atoms with E-state index in [0.29, 0.717) is 12.5 Å². The third kappa shape index (κ3) is 6.63. The molecule has 0 heterocycles. The zero-order valence-corrected chi connectivity index (χ0v) is 13.7. The van der Waals surface area contributed by atoms with Crippen molar-refractivity contribution in [3.63, 3.8) is 0 Å². The van der Waals surface area contributed by atoms with Crippen LogP contribution >= 0.6 is 0 Å². The Bertz CT molecular complexity index is 469. The predicted molar refractivity (Wildman–Crippen MR) is 91.3 cm³/mol. The van der Waals surface area contributed by atoms with Crippen molar-refractivity contribution in [2.45, 2.75) is 33.0 Å². The number of nitrogens with one attached hydrogen (secondary N) is 2. The van der Waals surface area contributed by atoms with Gasteiger partial charge in [-0.25, -0.2) is 0 Å². The molecule has 1 aromatic rings. The fraction of sp³-hybridized carbons (Fsp3) is 0.471. The lowest BCUT2D eigenvalue weighted by molar-refractivity contribution is 0.186. The third-order valence-electron chi connectivity index (χ3n) is 2.82. The van der Waals surface area contributed by atoms with Gasteiger partial charge in [0.1, 0.15) is 5.75 Å². The maximum Gasteiger partial charge on any atom is 0.191 e. The number of ether oxygens (including phenoxy) is 1. The molecule has 0 aliphatic rings. The first-order chi connectivity index (χ1) is 10.6. The lowest BCUT2D eigenvalue weighted by Crippen LogP contribution is -2.37. The van der Waals surface area contributed by atoms with Crippen LogP contribution in [0.25, 0.3) is 0 Å². The summed E-state index contributed by atoms with van der Waals surface area (Å²) in [6.07, 6.45) is 1.25. The van der Waals surface area contributed by atoms with Gasteiger partial charge in [0.05, 0.1) is 18.8 Å². The Morgan fingerprint density at radius 3 is 2.55 bits per heavy atom. The Morgan fingerprint density at radius 1 is 1.32 bits per heavy atom. The van der Waals surface area contributed by atoms with Gasteiger partial charge in [0.25, 0.3) is 0 Å². The standard InChI is InChI=1S/C17H27N3O2/c1-5-11-19-17(18-6-2)20-12-16(21)14-7-9-15(10-8-14)22-13(3)4/h5,7-10,13,16,21H,1,6,11-12H2,2-4H3,(H2,18,19,20). The molecule has 0 saturated carbocycles. The second-order valence-electron chi connectivity index (χ2n) is 5.14. The molecule has 122 valence electrons. The van der Waals surface area contributed by atoms with E-state index < -0.39 is 6.10 Å². The Kier molecular flexibility index (Phi) is 8.07. The molecule has 0 bridgehead atoms. The normalized spacial score (nSPS) is 12.9. The van der Waals surface area contributed by atoms with E-state index in [9.17, 15) is 5.11 Å². The van der Waals surface area contributed by atoms with Crippen LogP contribution < -0.4 is 15.4 Å². The van der Waals surface area contributed by atoms with E-state index in [2.05, 4.69) is 22.2 Å². The van der Waals surface area contributed by atoms with E-state index in [0.717, 1.165) is 17.9 Å². The molecule has 0 aromatic heterocycles. The van der Waals surface area contributed by atoms with Crippen LogP contribution in [0.2, 0.25) is 0 Å². The summed E-state index contributed by atoms with van der Waals surface area (Å²) < 4.78 is 5.58. The molecule has 0 amide bonds. The second kappa shape index (κ2) is 9.84. The summed E-state index contributed by atoms with van der Waals surface area (Å²) in [5.74, 6) is 1.47. The highest BCUT2D eigenvalue weighted by molar-refractivity contribution is 5.79. The summed E-state index contributed by atoms with van der Waals surface area (Å²) in [6, 6.07) is 7.46. The third-order valence-corrected chi connectivity index (χ3v) is 2.82. The number of aliphatic imine (C=N–C) groups is 1. The topological polar surface area (TPSA) is 65.9 Å². The summed E-state index contributed by atoms with van der Waals surface area (Å²) in [5.41, 5.74) is 0.819. The van der Waals surface area contributed by atoms with Crippen LogP contribution in [0.15, 0.2) is 41.9 Å². The van der Waals surface area contributed by atoms with Crippen molar-refractivity contribution >= 4 is 5.96 Å². The van der Waals surface area contributed by atoms with Crippen LogP contribution in [0.3, 0.4) is 0 Å². The van der Waals surface area contributed by atoms with Gasteiger partial charge in [0, 0.05) is 13.1 Å². The molecule has 0 fully saturated rings. The molecule has 22 heavy (non-hydrogen) atoms. The van der Waals surface area contributed by atoms with E-state index >= 15 is 0 Å². The molecule has 0 aliphatic heterocycles. The van der Waals surface area contributed by atoms with Crippen LogP contribution in [0.5, 0.6) is 5.75 Å². The molecule has 0 radical (unpaired) electrons. The van der Waals surface area contributed by atoms with Gasteiger partial charge in [-0.15, -0.1) is 6.58 Å². The van der Waals surface area contributed by atoms with E-state index in [4.69, 9.17) is 4.74 Å². The van der Waals surface area contributed by atoms with Crippen molar-refractivity contribution in [3.05, 3.63) is 42.5 Å². The smallest absolute Gasteiger partial charge is 0.191 e. The average Bonchev–Trinajstić information content (AvgIpc) is 2.50. The van der Waals surface area contributed by atoms with Crippen LogP contribution in [0, 0.1) is 0 Å². The lowest BCUT2D eigenvalue weighted by atomic mass is 10.1. The molecule has 0 saturated heterocycles. The maximum atomic E-state index is 10.2. The van der Waals surface area contributed by atoms with Crippen LogP contribution in [-0.4, -0.2) is 36.8 Å². The molecule has 1 atom stereocenters. The quantitative estimate of drug-likeness (QED) is 0.391. The molecule has 1 aromatic carbocycles. The summed E-state index contributed by atoms with van der Waals surface area (Å²) >= 11 is 0. The van der Waals surface area contributed by atoms with Crippen molar-refractivity contribution in [2.75, 3.05) is 19.6 Å². The molecule has 3 N–H and O–H groups in total. The Balaban J connectivity index is 2.62.